The molecule has 0 aliphatic carbocycles. The Hall–Kier alpha value is -1.86. The lowest BCUT2D eigenvalue weighted by Gasteiger charge is -2.44. The van der Waals surface area contributed by atoms with Gasteiger partial charge < -0.3 is 24.4 Å². The van der Waals surface area contributed by atoms with Crippen LogP contribution in [-0.2, 0) is 15.1 Å². The van der Waals surface area contributed by atoms with Gasteiger partial charge in [-0.1, -0.05) is 12.1 Å². The first-order valence-electron chi connectivity index (χ1n) is 12.9. The maximum absolute atomic E-state index is 15.3. The second-order valence-electron chi connectivity index (χ2n) is 10.8. The van der Waals surface area contributed by atoms with E-state index in [1.165, 1.54) is 6.07 Å². The quantitative estimate of drug-likeness (QED) is 0.502. The summed E-state index contributed by atoms with van der Waals surface area (Å²) in [6.45, 7) is 8.78. The maximum atomic E-state index is 15.3. The molecule has 1 aromatic rings. The SMILES string of the molecule is COCCCC[C@@](O)(c1cccc(F)c1N1CCCCC1)[C@@H]1CCCN(C(=O)OC(C)(C)C)C1. The maximum Gasteiger partial charge on any atom is 0.410 e. The van der Waals surface area contributed by atoms with Gasteiger partial charge in [0, 0.05) is 51.4 Å². The van der Waals surface area contributed by atoms with Crippen molar-refractivity contribution in [3.63, 3.8) is 0 Å². The lowest BCUT2D eigenvalue weighted by molar-refractivity contribution is -0.0640. The Morgan fingerprint density at radius 3 is 2.53 bits per heavy atom. The highest BCUT2D eigenvalue weighted by molar-refractivity contribution is 5.68. The minimum atomic E-state index is -1.25. The first kappa shape index (κ1) is 26.7. The van der Waals surface area contributed by atoms with E-state index in [1.807, 2.05) is 26.8 Å². The van der Waals surface area contributed by atoms with E-state index in [2.05, 4.69) is 4.90 Å². The second kappa shape index (κ2) is 11.7. The third kappa shape index (κ3) is 6.63. The van der Waals surface area contributed by atoms with Crippen molar-refractivity contribution in [1.29, 1.82) is 0 Å². The molecule has 2 saturated heterocycles. The number of benzene rings is 1. The molecule has 2 atom stereocenters. The summed E-state index contributed by atoms with van der Waals surface area (Å²) in [7, 11) is 1.67. The van der Waals surface area contributed by atoms with Gasteiger partial charge in [0.1, 0.15) is 11.4 Å². The van der Waals surface area contributed by atoms with E-state index in [0.29, 0.717) is 37.4 Å². The van der Waals surface area contributed by atoms with Gasteiger partial charge in [-0.15, -0.1) is 0 Å². The van der Waals surface area contributed by atoms with Crippen LogP contribution in [0.25, 0.3) is 0 Å². The van der Waals surface area contributed by atoms with Gasteiger partial charge in [-0.25, -0.2) is 9.18 Å². The van der Waals surface area contributed by atoms with Gasteiger partial charge in [0.2, 0.25) is 0 Å². The predicted molar refractivity (Wildman–Crippen MR) is 133 cm³/mol. The molecular formula is C27H43FN2O4. The summed E-state index contributed by atoms with van der Waals surface area (Å²) in [5, 5.41) is 12.4. The molecule has 0 unspecified atom stereocenters. The Balaban J connectivity index is 1.94. The number of carbonyl (C=O) groups excluding carboxylic acids is 1. The summed E-state index contributed by atoms with van der Waals surface area (Å²) in [6.07, 6.45) is 6.46. The normalized spacial score (nSPS) is 21.3. The van der Waals surface area contributed by atoms with Gasteiger partial charge in [0.25, 0.3) is 0 Å². The number of aliphatic hydroxyl groups is 1. The molecule has 192 valence electrons. The molecule has 1 aromatic carbocycles. The monoisotopic (exact) mass is 478 g/mol. The summed E-state index contributed by atoms with van der Waals surface area (Å²) in [5.74, 6) is -0.490. The van der Waals surface area contributed by atoms with Gasteiger partial charge in [-0.05, 0) is 78.2 Å². The highest BCUT2D eigenvalue weighted by atomic mass is 19.1. The second-order valence-corrected chi connectivity index (χ2v) is 10.8. The summed E-state index contributed by atoms with van der Waals surface area (Å²) in [4.78, 5) is 16.6. The van der Waals surface area contributed by atoms with E-state index < -0.39 is 11.2 Å². The fraction of sp³-hybridized carbons (Fsp3) is 0.741. The van der Waals surface area contributed by atoms with Gasteiger partial charge in [-0.2, -0.15) is 0 Å². The third-order valence-corrected chi connectivity index (χ3v) is 7.03. The van der Waals surface area contributed by atoms with Gasteiger partial charge >= 0.3 is 6.09 Å². The summed E-state index contributed by atoms with van der Waals surface area (Å²) >= 11 is 0. The average molecular weight is 479 g/mol. The number of ether oxygens (including phenoxy) is 2. The van der Waals surface area contributed by atoms with Crippen LogP contribution < -0.4 is 4.90 Å². The number of likely N-dealkylation sites (tertiary alicyclic amines) is 1. The number of piperidine rings is 2. The van der Waals surface area contributed by atoms with Crippen LogP contribution >= 0.6 is 0 Å². The van der Waals surface area contributed by atoms with Crippen molar-refractivity contribution in [2.45, 2.75) is 83.3 Å². The van der Waals surface area contributed by atoms with Crippen molar-refractivity contribution in [1.82, 2.24) is 4.90 Å². The van der Waals surface area contributed by atoms with E-state index in [-0.39, 0.29) is 17.8 Å². The Morgan fingerprint density at radius 1 is 1.12 bits per heavy atom. The van der Waals surface area contributed by atoms with E-state index >= 15 is 4.39 Å². The van der Waals surface area contributed by atoms with Crippen LogP contribution in [0.15, 0.2) is 18.2 Å². The van der Waals surface area contributed by atoms with Crippen LogP contribution in [0.2, 0.25) is 0 Å². The molecule has 3 rings (SSSR count). The molecule has 0 bridgehead atoms. The van der Waals surface area contributed by atoms with Crippen LogP contribution in [0, 0.1) is 11.7 Å². The lowest BCUT2D eigenvalue weighted by Crippen LogP contribution is -2.50. The van der Waals surface area contributed by atoms with E-state index in [0.717, 1.165) is 58.0 Å². The number of para-hydroxylation sites is 1. The number of hydrogen-bond acceptors (Lipinski definition) is 5. The summed E-state index contributed by atoms with van der Waals surface area (Å²) < 4.78 is 26.1. The number of amides is 1. The molecule has 2 aliphatic rings. The van der Waals surface area contributed by atoms with Gasteiger partial charge in [-0.3, -0.25) is 0 Å². The molecule has 1 amide bonds. The van der Waals surface area contributed by atoms with Crippen molar-refractivity contribution in [3.05, 3.63) is 29.6 Å². The van der Waals surface area contributed by atoms with Gasteiger partial charge in [0.15, 0.2) is 0 Å². The fourth-order valence-corrected chi connectivity index (χ4v) is 5.36. The van der Waals surface area contributed by atoms with Crippen LogP contribution in [-0.4, -0.2) is 61.6 Å². The Morgan fingerprint density at radius 2 is 1.85 bits per heavy atom. The summed E-state index contributed by atoms with van der Waals surface area (Å²) in [5.41, 5.74) is -0.637. The molecule has 0 radical (unpaired) electrons. The largest absolute Gasteiger partial charge is 0.444 e. The molecule has 6 nitrogen and oxygen atoms in total. The average Bonchev–Trinajstić information content (AvgIpc) is 2.81. The molecule has 2 heterocycles. The number of rotatable bonds is 8. The molecule has 2 fully saturated rings. The Labute approximate surface area is 204 Å². The minimum absolute atomic E-state index is 0.207. The highest BCUT2D eigenvalue weighted by Crippen LogP contribution is 2.45. The van der Waals surface area contributed by atoms with E-state index in [1.54, 1.807) is 18.1 Å². The third-order valence-electron chi connectivity index (χ3n) is 7.03. The number of unbranched alkanes of at least 4 members (excludes halogenated alkanes) is 1. The minimum Gasteiger partial charge on any atom is -0.444 e. The summed E-state index contributed by atoms with van der Waals surface area (Å²) in [6, 6.07) is 5.08. The number of anilines is 1. The molecular weight excluding hydrogens is 435 g/mol. The molecule has 1 N–H and O–H groups in total. The smallest absolute Gasteiger partial charge is 0.410 e. The van der Waals surface area contributed by atoms with Crippen molar-refractivity contribution < 1.29 is 23.8 Å². The zero-order valence-corrected chi connectivity index (χ0v) is 21.4. The zero-order chi connectivity index (χ0) is 24.8. The van der Waals surface area contributed by atoms with Crippen LogP contribution in [0.5, 0.6) is 0 Å². The molecule has 0 spiro atoms. The number of carbonyl (C=O) groups is 1. The van der Waals surface area contributed by atoms with Crippen LogP contribution in [0.4, 0.5) is 14.9 Å². The number of methoxy groups -OCH3 is 1. The molecule has 2 aliphatic heterocycles. The number of hydrogen-bond donors (Lipinski definition) is 1. The standard InChI is InChI=1S/C27H43FN2O4/c1-26(2,3)34-25(31)30-18-11-12-21(20-30)27(32,15-6-9-19-33-4)22-13-10-14-23(28)24(22)29-16-7-5-8-17-29/h10,13-14,21,32H,5-9,11-12,15-20H2,1-4H3/t21-,27+/m1/s1. The Kier molecular flexibility index (Phi) is 9.21. The molecule has 34 heavy (non-hydrogen) atoms. The molecule has 7 heteroatoms. The van der Waals surface area contributed by atoms with Crippen molar-refractivity contribution in [2.24, 2.45) is 5.92 Å². The highest BCUT2D eigenvalue weighted by Gasteiger charge is 2.44. The lowest BCUT2D eigenvalue weighted by atomic mass is 9.73. The topological polar surface area (TPSA) is 62.2 Å². The fourth-order valence-electron chi connectivity index (χ4n) is 5.36. The van der Waals surface area contributed by atoms with Crippen molar-refractivity contribution in [2.75, 3.05) is 44.8 Å². The number of nitrogens with zero attached hydrogens (tertiary/aromatic N) is 2. The zero-order valence-electron chi connectivity index (χ0n) is 21.4. The van der Waals surface area contributed by atoms with Crippen molar-refractivity contribution in [3.8, 4) is 0 Å². The molecule has 0 saturated carbocycles. The first-order chi connectivity index (χ1) is 16.2. The van der Waals surface area contributed by atoms with Crippen molar-refractivity contribution >= 4 is 11.8 Å². The Bertz CT molecular complexity index is 806. The van der Waals surface area contributed by atoms with Gasteiger partial charge in [0.05, 0.1) is 11.3 Å². The first-order valence-corrected chi connectivity index (χ1v) is 12.9. The van der Waals surface area contributed by atoms with Crippen LogP contribution in [0.1, 0.15) is 77.7 Å². The van der Waals surface area contributed by atoms with E-state index in [4.69, 9.17) is 9.47 Å². The number of halogens is 1. The predicted octanol–water partition coefficient (Wildman–Crippen LogP) is 5.47. The van der Waals surface area contributed by atoms with Crippen LogP contribution in [0.3, 0.4) is 0 Å². The molecule has 0 aromatic heterocycles. The van der Waals surface area contributed by atoms with E-state index in [9.17, 15) is 9.90 Å².